The predicted octanol–water partition coefficient (Wildman–Crippen LogP) is 1.36. The van der Waals surface area contributed by atoms with Crippen LogP contribution in [0.1, 0.15) is 12.0 Å². The second-order valence-corrected chi connectivity index (χ2v) is 5.43. The quantitative estimate of drug-likeness (QED) is 0.826. The van der Waals surface area contributed by atoms with Gasteiger partial charge in [-0.05, 0) is 24.5 Å². The van der Waals surface area contributed by atoms with Crippen LogP contribution in [0.5, 0.6) is 11.5 Å². The van der Waals surface area contributed by atoms with Crippen LogP contribution in [0.25, 0.3) is 0 Å². The standard InChI is InChI=1S/C16H22N2O5/c1-22-13-4-3-11(14(9-13)23-2)5-7-17-16(21)18-8-6-12(10-18)15(19)20/h3-4,9,12H,5-8,10H2,1-2H3,(H,17,21)(H,19,20). The number of carbonyl (C=O) groups is 2. The Bertz CT molecular complexity index is 576. The molecule has 2 rings (SSSR count). The number of ether oxygens (including phenoxy) is 2. The summed E-state index contributed by atoms with van der Waals surface area (Å²) in [7, 11) is 3.18. The van der Waals surface area contributed by atoms with E-state index in [0.717, 1.165) is 5.56 Å². The van der Waals surface area contributed by atoms with Gasteiger partial charge in [0.1, 0.15) is 11.5 Å². The predicted molar refractivity (Wildman–Crippen MR) is 84.0 cm³/mol. The Hall–Kier alpha value is -2.44. The maximum absolute atomic E-state index is 12.0. The largest absolute Gasteiger partial charge is 0.497 e. The summed E-state index contributed by atoms with van der Waals surface area (Å²) >= 11 is 0. The average molecular weight is 322 g/mol. The number of hydrogen-bond donors (Lipinski definition) is 2. The van der Waals surface area contributed by atoms with Crippen molar-refractivity contribution < 1.29 is 24.2 Å². The van der Waals surface area contributed by atoms with Crippen LogP contribution in [0.3, 0.4) is 0 Å². The van der Waals surface area contributed by atoms with Crippen molar-refractivity contribution in [2.24, 2.45) is 5.92 Å². The smallest absolute Gasteiger partial charge is 0.317 e. The summed E-state index contributed by atoms with van der Waals surface area (Å²) in [5, 5.41) is 11.8. The van der Waals surface area contributed by atoms with Gasteiger partial charge in [-0.1, -0.05) is 6.07 Å². The number of carboxylic acids is 1. The van der Waals surface area contributed by atoms with E-state index in [2.05, 4.69) is 5.32 Å². The number of benzene rings is 1. The Kier molecular flexibility index (Phi) is 5.67. The monoisotopic (exact) mass is 322 g/mol. The highest BCUT2D eigenvalue weighted by molar-refractivity contribution is 5.77. The number of nitrogens with zero attached hydrogens (tertiary/aromatic N) is 1. The van der Waals surface area contributed by atoms with Gasteiger partial charge in [-0.3, -0.25) is 4.79 Å². The van der Waals surface area contributed by atoms with Crippen molar-refractivity contribution in [3.8, 4) is 11.5 Å². The molecule has 1 aliphatic heterocycles. The molecule has 0 aliphatic carbocycles. The molecule has 1 saturated heterocycles. The summed E-state index contributed by atoms with van der Waals surface area (Å²) in [4.78, 5) is 24.5. The van der Waals surface area contributed by atoms with Gasteiger partial charge in [0.2, 0.25) is 0 Å². The molecule has 2 N–H and O–H groups in total. The SMILES string of the molecule is COc1ccc(CCNC(=O)N2CCC(C(=O)O)C2)c(OC)c1. The van der Waals surface area contributed by atoms with Gasteiger partial charge >= 0.3 is 12.0 Å². The molecule has 0 bridgehead atoms. The van der Waals surface area contributed by atoms with E-state index < -0.39 is 11.9 Å². The van der Waals surface area contributed by atoms with E-state index >= 15 is 0 Å². The van der Waals surface area contributed by atoms with Crippen molar-refractivity contribution in [3.05, 3.63) is 23.8 Å². The van der Waals surface area contributed by atoms with E-state index in [1.165, 1.54) is 0 Å². The number of urea groups is 1. The summed E-state index contributed by atoms with van der Waals surface area (Å²) in [6.45, 7) is 1.21. The van der Waals surface area contributed by atoms with Gasteiger partial charge in [-0.2, -0.15) is 0 Å². The minimum absolute atomic E-state index is 0.221. The first-order chi connectivity index (χ1) is 11.0. The van der Waals surface area contributed by atoms with Crippen molar-refractivity contribution in [1.29, 1.82) is 0 Å². The lowest BCUT2D eigenvalue weighted by Crippen LogP contribution is -2.39. The number of likely N-dealkylation sites (tertiary alicyclic amines) is 1. The average Bonchev–Trinajstić information content (AvgIpc) is 3.05. The Morgan fingerprint density at radius 3 is 2.74 bits per heavy atom. The molecule has 0 aromatic heterocycles. The number of nitrogens with one attached hydrogen (secondary N) is 1. The number of carbonyl (C=O) groups excluding carboxylic acids is 1. The number of aliphatic carboxylic acids is 1. The third-order valence-electron chi connectivity index (χ3n) is 3.99. The van der Waals surface area contributed by atoms with Crippen LogP contribution >= 0.6 is 0 Å². The van der Waals surface area contributed by atoms with Gasteiger partial charge in [-0.15, -0.1) is 0 Å². The zero-order valence-corrected chi connectivity index (χ0v) is 13.4. The van der Waals surface area contributed by atoms with Crippen LogP contribution < -0.4 is 14.8 Å². The molecular formula is C16H22N2O5. The van der Waals surface area contributed by atoms with Gasteiger partial charge in [-0.25, -0.2) is 4.79 Å². The Morgan fingerprint density at radius 2 is 2.13 bits per heavy atom. The summed E-state index contributed by atoms with van der Waals surface area (Å²) in [6, 6.07) is 5.33. The molecule has 7 heteroatoms. The minimum Gasteiger partial charge on any atom is -0.497 e. The molecule has 0 saturated carbocycles. The van der Waals surface area contributed by atoms with Gasteiger partial charge in [0, 0.05) is 25.7 Å². The Balaban J connectivity index is 1.83. The molecule has 23 heavy (non-hydrogen) atoms. The molecule has 1 heterocycles. The van der Waals surface area contributed by atoms with Crippen molar-refractivity contribution in [2.45, 2.75) is 12.8 Å². The summed E-state index contributed by atoms with van der Waals surface area (Å²) in [6.07, 6.45) is 1.13. The van der Waals surface area contributed by atoms with E-state index in [1.54, 1.807) is 25.2 Å². The molecule has 1 aromatic rings. The number of hydrogen-bond acceptors (Lipinski definition) is 4. The highest BCUT2D eigenvalue weighted by Gasteiger charge is 2.30. The van der Waals surface area contributed by atoms with E-state index in [4.69, 9.17) is 14.6 Å². The van der Waals surface area contributed by atoms with E-state index in [1.807, 2.05) is 12.1 Å². The molecule has 1 aliphatic rings. The van der Waals surface area contributed by atoms with Crippen molar-refractivity contribution in [1.82, 2.24) is 10.2 Å². The third-order valence-corrected chi connectivity index (χ3v) is 3.99. The first kappa shape index (κ1) is 16.9. The molecule has 0 radical (unpaired) electrons. The summed E-state index contributed by atoms with van der Waals surface area (Å²) in [5.41, 5.74) is 0.971. The maximum Gasteiger partial charge on any atom is 0.317 e. The molecule has 1 unspecified atom stereocenters. The number of carboxylic acid groups (broad SMARTS) is 1. The zero-order chi connectivity index (χ0) is 16.8. The normalized spacial score (nSPS) is 17.0. The van der Waals surface area contributed by atoms with Gasteiger partial charge in [0.25, 0.3) is 0 Å². The van der Waals surface area contributed by atoms with Crippen LogP contribution in [0, 0.1) is 5.92 Å². The van der Waals surface area contributed by atoms with Crippen molar-refractivity contribution >= 4 is 12.0 Å². The lowest BCUT2D eigenvalue weighted by molar-refractivity contribution is -0.141. The fourth-order valence-electron chi connectivity index (χ4n) is 2.62. The molecule has 2 amide bonds. The number of rotatable bonds is 6. The van der Waals surface area contributed by atoms with Crippen LogP contribution in [0.4, 0.5) is 4.79 Å². The van der Waals surface area contributed by atoms with Crippen molar-refractivity contribution in [2.75, 3.05) is 33.9 Å². The highest BCUT2D eigenvalue weighted by atomic mass is 16.5. The van der Waals surface area contributed by atoms with Crippen LogP contribution in [0.15, 0.2) is 18.2 Å². The van der Waals surface area contributed by atoms with E-state index in [0.29, 0.717) is 37.4 Å². The lowest BCUT2D eigenvalue weighted by Gasteiger charge is -2.17. The molecule has 1 atom stereocenters. The second kappa shape index (κ2) is 7.71. The van der Waals surface area contributed by atoms with Crippen molar-refractivity contribution in [3.63, 3.8) is 0 Å². The Labute approximate surface area is 135 Å². The van der Waals surface area contributed by atoms with Gasteiger partial charge < -0.3 is 24.8 Å². The zero-order valence-electron chi connectivity index (χ0n) is 13.4. The molecule has 1 aromatic carbocycles. The topological polar surface area (TPSA) is 88.1 Å². The molecule has 0 spiro atoms. The first-order valence-corrected chi connectivity index (χ1v) is 7.51. The third kappa shape index (κ3) is 4.28. The van der Waals surface area contributed by atoms with Crippen LogP contribution in [0.2, 0.25) is 0 Å². The summed E-state index contributed by atoms with van der Waals surface area (Å²) in [5.74, 6) is 0.128. The van der Waals surface area contributed by atoms with Gasteiger partial charge in [0.15, 0.2) is 0 Å². The number of methoxy groups -OCH3 is 2. The highest BCUT2D eigenvalue weighted by Crippen LogP contribution is 2.24. The molecule has 1 fully saturated rings. The second-order valence-electron chi connectivity index (χ2n) is 5.43. The van der Waals surface area contributed by atoms with Gasteiger partial charge in [0.05, 0.1) is 20.1 Å². The van der Waals surface area contributed by atoms with E-state index in [9.17, 15) is 9.59 Å². The summed E-state index contributed by atoms with van der Waals surface area (Å²) < 4.78 is 10.5. The number of amides is 2. The molecular weight excluding hydrogens is 300 g/mol. The molecule has 126 valence electrons. The first-order valence-electron chi connectivity index (χ1n) is 7.51. The fourth-order valence-corrected chi connectivity index (χ4v) is 2.62. The lowest BCUT2D eigenvalue weighted by atomic mass is 10.1. The Morgan fingerprint density at radius 1 is 1.35 bits per heavy atom. The van der Waals surface area contributed by atoms with Crippen LogP contribution in [-0.4, -0.2) is 55.9 Å². The minimum atomic E-state index is -0.844. The molecule has 7 nitrogen and oxygen atoms in total. The fraction of sp³-hybridized carbons (Fsp3) is 0.500. The van der Waals surface area contributed by atoms with Crippen LogP contribution in [-0.2, 0) is 11.2 Å². The van der Waals surface area contributed by atoms with E-state index in [-0.39, 0.29) is 12.6 Å². The maximum atomic E-state index is 12.0.